The van der Waals surface area contributed by atoms with Crippen LogP contribution in [0.3, 0.4) is 0 Å². The van der Waals surface area contributed by atoms with Gasteiger partial charge in [0.05, 0.1) is 11.7 Å². The van der Waals surface area contributed by atoms with Crippen molar-refractivity contribution >= 4 is 64.7 Å². The predicted octanol–water partition coefficient (Wildman–Crippen LogP) is 5.40. The minimum absolute atomic E-state index is 0.276. The van der Waals surface area contributed by atoms with Gasteiger partial charge in [0.25, 0.3) is 0 Å². The maximum absolute atomic E-state index is 6.46. The van der Waals surface area contributed by atoms with Crippen molar-refractivity contribution in [3.05, 3.63) is 53.7 Å². The molecule has 1 aliphatic heterocycles. The molecule has 198 valence electrons. The van der Waals surface area contributed by atoms with E-state index in [1.165, 1.54) is 23.5 Å². The zero-order valence-corrected chi connectivity index (χ0v) is 24.2. The Morgan fingerprint density at radius 3 is 2.58 bits per heavy atom. The molecule has 0 amide bonds. The lowest BCUT2D eigenvalue weighted by Gasteiger charge is -2.60. The SMILES string of the molecule is CN(C)C1CC2(C1)CN(c1nn(C)c3cc(Nc4ncc(Cl)c(Nc5ccccc5P(C)C)n4)ccc13)C2. The summed E-state index contributed by atoms with van der Waals surface area (Å²) >= 11 is 6.46. The molecule has 38 heavy (non-hydrogen) atoms. The van der Waals surface area contributed by atoms with Gasteiger partial charge in [-0.15, -0.1) is 0 Å². The molecule has 2 fully saturated rings. The normalized spacial score (nSPS) is 16.8. The topological polar surface area (TPSA) is 74.1 Å². The summed E-state index contributed by atoms with van der Waals surface area (Å²) in [5, 5.41) is 14.6. The van der Waals surface area contributed by atoms with E-state index in [4.69, 9.17) is 16.7 Å². The van der Waals surface area contributed by atoms with Crippen LogP contribution in [0.4, 0.5) is 29.0 Å². The first kappa shape index (κ1) is 25.4. The highest BCUT2D eigenvalue weighted by molar-refractivity contribution is 7.64. The smallest absolute Gasteiger partial charge is 0.229 e. The molecule has 2 N–H and O–H groups in total. The summed E-state index contributed by atoms with van der Waals surface area (Å²) in [6.45, 7) is 6.66. The molecule has 1 aliphatic carbocycles. The van der Waals surface area contributed by atoms with Gasteiger partial charge >= 0.3 is 0 Å². The molecule has 1 spiro atoms. The van der Waals surface area contributed by atoms with Crippen LogP contribution < -0.4 is 20.8 Å². The molecule has 1 saturated carbocycles. The molecule has 10 heteroatoms. The van der Waals surface area contributed by atoms with Crippen LogP contribution in [0.15, 0.2) is 48.7 Å². The summed E-state index contributed by atoms with van der Waals surface area (Å²) in [6, 6.07) is 15.3. The number of hydrogen-bond acceptors (Lipinski definition) is 7. The lowest BCUT2D eigenvalue weighted by molar-refractivity contribution is 0.00103. The monoisotopic (exact) mass is 548 g/mol. The second kappa shape index (κ2) is 9.67. The Labute approximate surface area is 230 Å². The second-order valence-corrected chi connectivity index (χ2v) is 13.8. The van der Waals surface area contributed by atoms with Crippen molar-refractivity contribution in [2.24, 2.45) is 12.5 Å². The number of aryl methyl sites for hydroxylation is 1. The van der Waals surface area contributed by atoms with E-state index in [0.29, 0.717) is 22.2 Å². The molecule has 6 rings (SSSR count). The summed E-state index contributed by atoms with van der Waals surface area (Å²) in [6.07, 6.45) is 4.21. The van der Waals surface area contributed by atoms with E-state index in [1.54, 1.807) is 6.20 Å². The number of anilines is 5. The number of halogens is 1. The highest BCUT2D eigenvalue weighted by Gasteiger charge is 2.53. The Morgan fingerprint density at radius 2 is 1.84 bits per heavy atom. The first-order valence-corrected chi connectivity index (χ1v) is 15.5. The van der Waals surface area contributed by atoms with Crippen molar-refractivity contribution in [1.82, 2.24) is 24.6 Å². The van der Waals surface area contributed by atoms with Gasteiger partial charge in [-0.1, -0.05) is 37.7 Å². The third-order valence-corrected chi connectivity index (χ3v) is 9.52. The maximum Gasteiger partial charge on any atom is 0.229 e. The van der Waals surface area contributed by atoms with Crippen molar-refractivity contribution in [1.29, 1.82) is 0 Å². The fourth-order valence-electron chi connectivity index (χ4n) is 5.77. The Bertz CT molecular complexity index is 1490. The molecule has 0 unspecified atom stereocenters. The van der Waals surface area contributed by atoms with Crippen LogP contribution in [0.5, 0.6) is 0 Å². The average molecular weight is 549 g/mol. The summed E-state index contributed by atoms with van der Waals surface area (Å²) in [4.78, 5) is 13.9. The van der Waals surface area contributed by atoms with Crippen molar-refractivity contribution in [2.45, 2.75) is 18.9 Å². The van der Waals surface area contributed by atoms with E-state index in [9.17, 15) is 0 Å². The van der Waals surface area contributed by atoms with E-state index in [1.807, 2.05) is 17.8 Å². The number of aromatic nitrogens is 4. The van der Waals surface area contributed by atoms with Crippen molar-refractivity contribution in [2.75, 3.05) is 56.0 Å². The van der Waals surface area contributed by atoms with Crippen LogP contribution in [0.25, 0.3) is 10.9 Å². The minimum Gasteiger partial charge on any atom is -0.353 e. The molecule has 2 aliphatic rings. The second-order valence-electron chi connectivity index (χ2n) is 11.1. The van der Waals surface area contributed by atoms with Crippen LogP contribution in [-0.2, 0) is 7.05 Å². The van der Waals surface area contributed by atoms with Gasteiger partial charge in [-0.3, -0.25) is 4.68 Å². The highest BCUT2D eigenvalue weighted by Crippen LogP contribution is 2.51. The van der Waals surface area contributed by atoms with E-state index in [0.717, 1.165) is 41.8 Å². The minimum atomic E-state index is -0.276. The summed E-state index contributed by atoms with van der Waals surface area (Å²) in [5.74, 6) is 2.14. The van der Waals surface area contributed by atoms with Crippen molar-refractivity contribution in [3.63, 3.8) is 0 Å². The van der Waals surface area contributed by atoms with Gasteiger partial charge in [0.2, 0.25) is 5.95 Å². The fraction of sp³-hybridized carbons (Fsp3) is 0.393. The fourth-order valence-corrected chi connectivity index (χ4v) is 6.90. The first-order chi connectivity index (χ1) is 18.2. The van der Waals surface area contributed by atoms with Gasteiger partial charge in [0.15, 0.2) is 11.6 Å². The maximum atomic E-state index is 6.46. The molecule has 1 saturated heterocycles. The van der Waals surface area contributed by atoms with Crippen LogP contribution in [-0.4, -0.2) is 71.2 Å². The molecular weight excluding hydrogens is 515 g/mol. The zero-order valence-electron chi connectivity index (χ0n) is 22.5. The van der Waals surface area contributed by atoms with Gasteiger partial charge in [0.1, 0.15) is 5.02 Å². The van der Waals surface area contributed by atoms with Crippen molar-refractivity contribution in [3.8, 4) is 0 Å². The number of benzene rings is 2. The molecule has 0 atom stereocenters. The molecule has 0 bridgehead atoms. The van der Waals surface area contributed by atoms with Gasteiger partial charge in [0, 0.05) is 48.4 Å². The molecular formula is C28H34ClN8P. The lowest BCUT2D eigenvalue weighted by atomic mass is 9.60. The van der Waals surface area contributed by atoms with E-state index in [2.05, 4.69) is 94.2 Å². The lowest BCUT2D eigenvalue weighted by Crippen LogP contribution is -2.66. The number of fused-ring (bicyclic) bond motifs is 1. The van der Waals surface area contributed by atoms with E-state index < -0.39 is 0 Å². The molecule has 4 aromatic rings. The largest absolute Gasteiger partial charge is 0.353 e. The third-order valence-electron chi connectivity index (χ3n) is 7.89. The Hall–Kier alpha value is -2.93. The van der Waals surface area contributed by atoms with Crippen LogP contribution >= 0.6 is 19.5 Å². The Balaban J connectivity index is 1.19. The van der Waals surface area contributed by atoms with Gasteiger partial charge in [-0.25, -0.2) is 4.98 Å². The first-order valence-electron chi connectivity index (χ1n) is 12.9. The summed E-state index contributed by atoms with van der Waals surface area (Å²) < 4.78 is 1.96. The van der Waals surface area contributed by atoms with E-state index >= 15 is 0 Å². The quantitative estimate of drug-likeness (QED) is 0.299. The third kappa shape index (κ3) is 4.59. The van der Waals surface area contributed by atoms with Crippen LogP contribution in [0.2, 0.25) is 5.02 Å². The summed E-state index contributed by atoms with van der Waals surface area (Å²) in [5.41, 5.74) is 3.48. The van der Waals surface area contributed by atoms with Crippen LogP contribution in [0.1, 0.15) is 12.8 Å². The van der Waals surface area contributed by atoms with Crippen molar-refractivity contribution < 1.29 is 0 Å². The Morgan fingerprint density at radius 1 is 1.08 bits per heavy atom. The van der Waals surface area contributed by atoms with E-state index in [-0.39, 0.29) is 7.92 Å². The molecule has 2 aromatic heterocycles. The molecule has 3 heterocycles. The number of nitrogens with one attached hydrogen (secondary N) is 2. The standard InChI is InChI=1S/C28H34ClN8P/c1-35(2)19-13-28(14-19)16-37(17-28)26-20-11-10-18(12-23(20)36(3)34-26)31-27-30-15-21(29)25(33-27)32-22-8-6-7-9-24(22)38(4)5/h6-12,15,19H,13-14,16-17H2,1-5H3,(H2,30,31,32,33). The average Bonchev–Trinajstić information content (AvgIpc) is 3.15. The highest BCUT2D eigenvalue weighted by atomic mass is 35.5. The predicted molar refractivity (Wildman–Crippen MR) is 161 cm³/mol. The van der Waals surface area contributed by atoms with Gasteiger partial charge in [-0.05, 0) is 69.8 Å². The summed E-state index contributed by atoms with van der Waals surface area (Å²) in [7, 11) is 6.10. The zero-order chi connectivity index (χ0) is 26.6. The molecule has 8 nitrogen and oxygen atoms in total. The molecule has 2 aromatic carbocycles. The van der Waals surface area contributed by atoms with Gasteiger partial charge in [-0.2, -0.15) is 10.1 Å². The number of rotatable bonds is 7. The number of nitrogens with zero attached hydrogens (tertiary/aromatic N) is 6. The molecule has 0 radical (unpaired) electrons. The van der Waals surface area contributed by atoms with Crippen LogP contribution in [0, 0.1) is 5.41 Å². The number of hydrogen-bond donors (Lipinski definition) is 2. The van der Waals surface area contributed by atoms with Gasteiger partial charge < -0.3 is 20.4 Å². The number of para-hydroxylation sites is 1. The Kier molecular flexibility index (Phi) is 6.45.